The molecule has 0 saturated heterocycles. The molecule has 0 radical (unpaired) electrons. The van der Waals surface area contributed by atoms with Crippen LogP contribution in [-0.4, -0.2) is 29.8 Å². The smallest absolute Gasteiger partial charge is 0.299 e. The molecule has 152 valence electrons. The molecule has 0 saturated carbocycles. The monoisotopic (exact) mass is 428 g/mol. The second kappa shape index (κ2) is 7.74. The maximum atomic E-state index is 12.7. The molecule has 0 aliphatic carbocycles. The number of fused-ring (bicyclic) bond motifs is 1. The predicted octanol–water partition coefficient (Wildman–Crippen LogP) is 4.77. The van der Waals surface area contributed by atoms with Crippen LogP contribution < -0.4 is 9.64 Å². The van der Waals surface area contributed by atoms with Crippen molar-refractivity contribution in [3.05, 3.63) is 101 Å². The number of hydrogen-bond acceptors (Lipinski definition) is 5. The van der Waals surface area contributed by atoms with E-state index in [0.29, 0.717) is 22.5 Å². The van der Waals surface area contributed by atoms with Gasteiger partial charge in [-0.25, -0.2) is 0 Å². The van der Waals surface area contributed by atoms with Gasteiger partial charge >= 0.3 is 0 Å². The van der Waals surface area contributed by atoms with Crippen LogP contribution in [0.3, 0.4) is 0 Å². The predicted molar refractivity (Wildman–Crippen MR) is 122 cm³/mol. The van der Waals surface area contributed by atoms with Crippen LogP contribution in [0, 0.1) is 0 Å². The fraction of sp³-hybridized carbons (Fsp3) is 0.0417. The summed E-state index contributed by atoms with van der Waals surface area (Å²) < 4.78 is 5.21. The number of carbonyl (C=O) groups excluding carboxylic acids is 1. The number of nitrogens with zero attached hydrogens (tertiary/aromatic N) is 4. The third-order valence-electron chi connectivity index (χ3n) is 4.98. The van der Waals surface area contributed by atoms with Crippen LogP contribution in [0.25, 0.3) is 6.08 Å². The molecule has 0 unspecified atom stereocenters. The number of rotatable bonds is 4. The maximum Gasteiger partial charge on any atom is 0.299 e. The molecule has 2 aliphatic rings. The number of benzene rings is 3. The molecule has 0 bridgehead atoms. The number of amides is 1. The highest BCUT2D eigenvalue weighted by molar-refractivity contribution is 6.33. The van der Waals surface area contributed by atoms with E-state index in [1.54, 1.807) is 18.2 Å². The van der Waals surface area contributed by atoms with Crippen molar-refractivity contribution in [1.29, 1.82) is 0 Å². The van der Waals surface area contributed by atoms with E-state index in [2.05, 4.69) is 4.99 Å². The van der Waals surface area contributed by atoms with Crippen molar-refractivity contribution in [3.63, 3.8) is 0 Å². The number of amidine groups is 1. The number of hydrazone groups is 1. The van der Waals surface area contributed by atoms with Crippen molar-refractivity contribution >= 4 is 41.1 Å². The first-order valence-corrected chi connectivity index (χ1v) is 10.0. The van der Waals surface area contributed by atoms with E-state index < -0.39 is 0 Å². The van der Waals surface area contributed by atoms with Gasteiger partial charge in [-0.3, -0.25) is 9.69 Å². The molecule has 2 aliphatic heterocycles. The molecule has 1 amide bonds. The number of anilines is 1. The molecule has 0 aromatic heterocycles. The first-order valence-electron chi connectivity index (χ1n) is 9.63. The molecule has 2 heterocycles. The zero-order chi connectivity index (χ0) is 21.4. The molecule has 0 atom stereocenters. The van der Waals surface area contributed by atoms with Gasteiger partial charge in [-0.15, -0.1) is 5.10 Å². The summed E-state index contributed by atoms with van der Waals surface area (Å²) in [4.78, 5) is 18.9. The fourth-order valence-corrected chi connectivity index (χ4v) is 3.58. The van der Waals surface area contributed by atoms with Crippen LogP contribution in [0.2, 0.25) is 5.02 Å². The van der Waals surface area contributed by atoms with Gasteiger partial charge in [-0.2, -0.15) is 10.0 Å². The SMILES string of the molecule is COc1ccc(/C=C2\C(=O)N=C3N2N=C(c2ccc(Cl)cc2)N3c2ccccc2)cc1. The molecule has 31 heavy (non-hydrogen) atoms. The molecule has 0 spiro atoms. The maximum absolute atomic E-state index is 12.7. The van der Waals surface area contributed by atoms with Gasteiger partial charge in [0.25, 0.3) is 5.91 Å². The number of para-hydroxylation sites is 1. The Kier molecular flexibility index (Phi) is 4.76. The lowest BCUT2D eigenvalue weighted by molar-refractivity contribution is -0.114. The normalized spacial score (nSPS) is 16.5. The number of ether oxygens (including phenoxy) is 1. The van der Waals surface area contributed by atoms with Gasteiger partial charge in [0.2, 0.25) is 5.96 Å². The third-order valence-corrected chi connectivity index (χ3v) is 5.23. The van der Waals surface area contributed by atoms with Gasteiger partial charge in [-0.05, 0) is 60.2 Å². The van der Waals surface area contributed by atoms with E-state index in [1.807, 2.05) is 83.8 Å². The molecule has 0 fully saturated rings. The zero-order valence-corrected chi connectivity index (χ0v) is 17.3. The summed E-state index contributed by atoms with van der Waals surface area (Å²) in [6.45, 7) is 0. The van der Waals surface area contributed by atoms with Crippen molar-refractivity contribution in [2.45, 2.75) is 0 Å². The van der Waals surface area contributed by atoms with E-state index >= 15 is 0 Å². The van der Waals surface area contributed by atoms with Crippen LogP contribution in [0.5, 0.6) is 5.75 Å². The highest BCUT2D eigenvalue weighted by atomic mass is 35.5. The summed E-state index contributed by atoms with van der Waals surface area (Å²) in [5, 5.41) is 6.99. The Hall–Kier alpha value is -3.90. The van der Waals surface area contributed by atoms with Crippen molar-refractivity contribution < 1.29 is 9.53 Å². The first-order chi connectivity index (χ1) is 15.1. The lowest BCUT2D eigenvalue weighted by Crippen LogP contribution is -2.35. The third kappa shape index (κ3) is 3.47. The fourth-order valence-electron chi connectivity index (χ4n) is 3.45. The van der Waals surface area contributed by atoms with Gasteiger partial charge < -0.3 is 4.74 Å². The van der Waals surface area contributed by atoms with Crippen LogP contribution in [-0.2, 0) is 4.79 Å². The lowest BCUT2D eigenvalue weighted by Gasteiger charge is -2.20. The quantitative estimate of drug-likeness (QED) is 0.562. The summed E-state index contributed by atoms with van der Waals surface area (Å²) >= 11 is 6.07. The molecule has 5 rings (SSSR count). The standard InChI is InChI=1S/C24H17ClN4O2/c1-31-20-13-7-16(8-14-20)15-21-23(30)26-24-28(19-5-3-2-4-6-19)22(27-29(21)24)17-9-11-18(25)12-10-17/h2-15H,1H3/b21-15+. The molecule has 7 heteroatoms. The summed E-state index contributed by atoms with van der Waals surface area (Å²) in [5.74, 6) is 1.51. The minimum Gasteiger partial charge on any atom is -0.497 e. The minimum absolute atomic E-state index is 0.342. The summed E-state index contributed by atoms with van der Waals surface area (Å²) in [5.41, 5.74) is 2.95. The topological polar surface area (TPSA) is 57.5 Å². The van der Waals surface area contributed by atoms with Crippen molar-refractivity contribution in [3.8, 4) is 5.75 Å². The summed E-state index contributed by atoms with van der Waals surface area (Å²) in [6, 6.07) is 24.6. The van der Waals surface area contributed by atoms with E-state index in [0.717, 1.165) is 22.6 Å². The van der Waals surface area contributed by atoms with Crippen molar-refractivity contribution in [2.75, 3.05) is 12.0 Å². The van der Waals surface area contributed by atoms with Crippen LogP contribution >= 0.6 is 11.6 Å². The second-order valence-corrected chi connectivity index (χ2v) is 7.37. The van der Waals surface area contributed by atoms with Gasteiger partial charge in [0.1, 0.15) is 11.4 Å². The zero-order valence-electron chi connectivity index (χ0n) is 16.6. The number of halogens is 1. The van der Waals surface area contributed by atoms with Gasteiger partial charge in [0.05, 0.1) is 12.8 Å². The van der Waals surface area contributed by atoms with Crippen LogP contribution in [0.4, 0.5) is 5.69 Å². The van der Waals surface area contributed by atoms with E-state index in [-0.39, 0.29) is 5.91 Å². The van der Waals surface area contributed by atoms with Gasteiger partial charge in [0, 0.05) is 10.6 Å². The minimum atomic E-state index is -0.342. The largest absolute Gasteiger partial charge is 0.497 e. The molecule has 3 aromatic rings. The highest BCUT2D eigenvalue weighted by Crippen LogP contribution is 2.32. The Labute approximate surface area is 184 Å². The summed E-state index contributed by atoms with van der Waals surface area (Å²) in [6.07, 6.45) is 1.77. The molecule has 6 nitrogen and oxygen atoms in total. The number of guanidine groups is 1. The Morgan fingerprint density at radius 2 is 1.65 bits per heavy atom. The Morgan fingerprint density at radius 3 is 2.32 bits per heavy atom. The molecule has 0 N–H and O–H groups in total. The van der Waals surface area contributed by atoms with Gasteiger partial charge in [-0.1, -0.05) is 41.9 Å². The molecular weight excluding hydrogens is 412 g/mol. The first kappa shape index (κ1) is 19.1. The summed E-state index contributed by atoms with van der Waals surface area (Å²) in [7, 11) is 1.61. The molecular formula is C24H17ClN4O2. The molecule has 3 aromatic carbocycles. The Bertz CT molecular complexity index is 1230. The number of methoxy groups -OCH3 is 1. The number of carbonyl (C=O) groups is 1. The van der Waals surface area contributed by atoms with Crippen LogP contribution in [0.1, 0.15) is 11.1 Å². The van der Waals surface area contributed by atoms with E-state index in [9.17, 15) is 4.79 Å². The average molecular weight is 429 g/mol. The van der Waals surface area contributed by atoms with E-state index in [1.165, 1.54) is 0 Å². The Morgan fingerprint density at radius 1 is 0.935 bits per heavy atom. The Balaban J connectivity index is 1.59. The van der Waals surface area contributed by atoms with Gasteiger partial charge in [0.15, 0.2) is 5.84 Å². The van der Waals surface area contributed by atoms with Crippen LogP contribution in [0.15, 0.2) is 94.7 Å². The number of aliphatic imine (C=N–C) groups is 1. The number of hydrogen-bond donors (Lipinski definition) is 0. The van der Waals surface area contributed by atoms with Crippen molar-refractivity contribution in [1.82, 2.24) is 5.01 Å². The van der Waals surface area contributed by atoms with E-state index in [4.69, 9.17) is 21.4 Å². The average Bonchev–Trinajstić information content (AvgIpc) is 3.31. The lowest BCUT2D eigenvalue weighted by atomic mass is 10.2. The van der Waals surface area contributed by atoms with Crippen molar-refractivity contribution in [2.24, 2.45) is 10.1 Å². The second-order valence-electron chi connectivity index (χ2n) is 6.93. The highest BCUT2D eigenvalue weighted by Gasteiger charge is 2.41.